The minimum atomic E-state index is -0.801. The lowest BCUT2D eigenvalue weighted by Gasteiger charge is -2.13. The number of rotatable bonds is 7. The Kier molecular flexibility index (Phi) is 7.51. The van der Waals surface area contributed by atoms with Crippen molar-refractivity contribution in [1.29, 1.82) is 0 Å². The molecule has 3 amide bonds. The van der Waals surface area contributed by atoms with Crippen LogP contribution in [0.25, 0.3) is 0 Å². The zero-order valence-corrected chi connectivity index (χ0v) is 19.4. The molecule has 0 unspecified atom stereocenters. The van der Waals surface area contributed by atoms with Crippen molar-refractivity contribution in [3.8, 4) is 5.75 Å². The molecular weight excluding hydrogens is 506 g/mol. The molecule has 12 heteroatoms. The summed E-state index contributed by atoms with van der Waals surface area (Å²) in [6.07, 6.45) is -0.357. The summed E-state index contributed by atoms with van der Waals surface area (Å²) in [5.74, 6) is -2.49. The topological polar surface area (TPSA) is 102 Å². The van der Waals surface area contributed by atoms with Crippen molar-refractivity contribution in [2.24, 2.45) is 0 Å². The fourth-order valence-electron chi connectivity index (χ4n) is 2.95. The van der Waals surface area contributed by atoms with Gasteiger partial charge < -0.3 is 14.8 Å². The van der Waals surface area contributed by atoms with E-state index in [1.54, 1.807) is 24.3 Å². The van der Waals surface area contributed by atoms with Crippen molar-refractivity contribution < 1.29 is 28.7 Å². The monoisotopic (exact) mass is 518 g/mol. The first-order chi connectivity index (χ1) is 15.2. The summed E-state index contributed by atoms with van der Waals surface area (Å²) in [4.78, 5) is 50.1. The van der Waals surface area contributed by atoms with Crippen molar-refractivity contribution in [1.82, 2.24) is 4.90 Å². The number of fused-ring (bicyclic) bond motifs is 1. The molecule has 0 aromatic heterocycles. The van der Waals surface area contributed by atoms with E-state index < -0.39 is 30.3 Å². The Labute approximate surface area is 202 Å². The number of esters is 1. The Morgan fingerprint density at radius 2 is 1.50 bits per heavy atom. The molecule has 168 valence electrons. The quantitative estimate of drug-likeness (QED) is 0.250. The van der Waals surface area contributed by atoms with Gasteiger partial charge in [0.1, 0.15) is 5.75 Å². The third-order valence-electron chi connectivity index (χ3n) is 4.47. The van der Waals surface area contributed by atoms with Gasteiger partial charge in [-0.15, -0.1) is 0 Å². The number of anilines is 1. The molecule has 2 aromatic carbocycles. The van der Waals surface area contributed by atoms with Crippen LogP contribution in [-0.4, -0.2) is 48.9 Å². The summed E-state index contributed by atoms with van der Waals surface area (Å²) < 4.78 is 10.0. The van der Waals surface area contributed by atoms with E-state index in [4.69, 9.17) is 55.9 Å². The number of nitrogens with zero attached hydrogens (tertiary/aromatic N) is 1. The number of carbonyl (C=O) groups is 4. The molecule has 32 heavy (non-hydrogen) atoms. The fraction of sp³-hybridized carbons (Fsp3) is 0.200. The largest absolute Gasteiger partial charge is 0.495 e. The van der Waals surface area contributed by atoms with Crippen LogP contribution < -0.4 is 10.1 Å². The molecule has 1 aliphatic heterocycles. The molecule has 8 nitrogen and oxygen atoms in total. The standard InChI is InChI=1S/C20H14Cl4N2O6/c1-31-10-5-3-2-4-9(10)25-11(27)8-32-12(28)6-7-26-19(29)13-14(20(26)30)16(22)18(24)17(23)15(13)21/h2-5H,6-8H2,1H3,(H,25,27). The van der Waals surface area contributed by atoms with Crippen LogP contribution in [0.2, 0.25) is 20.1 Å². The highest BCUT2D eigenvalue weighted by atomic mass is 35.5. The second-order valence-corrected chi connectivity index (χ2v) is 7.94. The minimum Gasteiger partial charge on any atom is -0.495 e. The van der Waals surface area contributed by atoms with Gasteiger partial charge in [-0.2, -0.15) is 0 Å². The van der Waals surface area contributed by atoms with Crippen LogP contribution in [0.4, 0.5) is 5.69 Å². The van der Waals surface area contributed by atoms with Crippen molar-refractivity contribution >= 4 is 75.8 Å². The number of amides is 3. The van der Waals surface area contributed by atoms with Gasteiger partial charge in [-0.05, 0) is 12.1 Å². The minimum absolute atomic E-state index is 0.152. The number of halogens is 4. The maximum atomic E-state index is 12.6. The molecule has 1 aliphatic rings. The van der Waals surface area contributed by atoms with Gasteiger partial charge in [-0.25, -0.2) is 0 Å². The second kappa shape index (κ2) is 9.95. The van der Waals surface area contributed by atoms with Gasteiger partial charge in [-0.3, -0.25) is 24.1 Å². The Bertz CT molecular complexity index is 1090. The van der Waals surface area contributed by atoms with Crippen LogP contribution in [0.1, 0.15) is 27.1 Å². The molecule has 0 saturated heterocycles. The number of imide groups is 1. The van der Waals surface area contributed by atoms with Gasteiger partial charge in [0, 0.05) is 6.54 Å². The number of benzene rings is 2. The van der Waals surface area contributed by atoms with Crippen LogP contribution in [0.5, 0.6) is 5.75 Å². The Morgan fingerprint density at radius 3 is 2.06 bits per heavy atom. The zero-order valence-electron chi connectivity index (χ0n) is 16.3. The summed E-state index contributed by atoms with van der Waals surface area (Å²) in [6, 6.07) is 6.71. The van der Waals surface area contributed by atoms with Gasteiger partial charge in [0.05, 0.1) is 50.4 Å². The van der Waals surface area contributed by atoms with E-state index >= 15 is 0 Å². The first kappa shape index (κ1) is 24.1. The molecule has 0 saturated carbocycles. The normalized spacial score (nSPS) is 12.6. The molecule has 0 bridgehead atoms. The number of hydrogen-bond donors (Lipinski definition) is 1. The molecule has 0 spiro atoms. The molecular formula is C20H14Cl4N2O6. The summed E-state index contributed by atoms with van der Waals surface area (Å²) in [7, 11) is 1.45. The maximum Gasteiger partial charge on any atom is 0.308 e. The summed E-state index contributed by atoms with van der Waals surface area (Å²) in [5.41, 5.74) is 0.0504. The van der Waals surface area contributed by atoms with E-state index in [-0.39, 0.29) is 44.2 Å². The highest BCUT2D eigenvalue weighted by Gasteiger charge is 2.41. The maximum absolute atomic E-state index is 12.6. The van der Waals surface area contributed by atoms with E-state index in [1.807, 2.05) is 0 Å². The molecule has 0 fully saturated rings. The summed E-state index contributed by atoms with van der Waals surface area (Å²) >= 11 is 24.0. The number of nitrogens with one attached hydrogen (secondary N) is 1. The van der Waals surface area contributed by atoms with Crippen molar-refractivity contribution in [2.45, 2.75) is 6.42 Å². The lowest BCUT2D eigenvalue weighted by Crippen LogP contribution is -2.32. The van der Waals surface area contributed by atoms with Gasteiger partial charge >= 0.3 is 5.97 Å². The van der Waals surface area contributed by atoms with E-state index in [0.29, 0.717) is 11.4 Å². The van der Waals surface area contributed by atoms with Crippen molar-refractivity contribution in [3.63, 3.8) is 0 Å². The highest BCUT2D eigenvalue weighted by molar-refractivity contribution is 6.55. The number of hydrogen-bond acceptors (Lipinski definition) is 6. The van der Waals surface area contributed by atoms with Crippen molar-refractivity contribution in [2.75, 3.05) is 25.6 Å². The van der Waals surface area contributed by atoms with E-state index in [2.05, 4.69) is 5.32 Å². The predicted molar refractivity (Wildman–Crippen MR) is 119 cm³/mol. The molecule has 0 atom stereocenters. The summed E-state index contributed by atoms with van der Waals surface area (Å²) in [6.45, 7) is -0.886. The fourth-order valence-corrected chi connectivity index (χ4v) is 3.97. The number of para-hydroxylation sites is 2. The second-order valence-electron chi connectivity index (χ2n) is 6.43. The Balaban J connectivity index is 1.58. The third-order valence-corrected chi connectivity index (χ3v) is 6.27. The van der Waals surface area contributed by atoms with Gasteiger partial charge in [0.25, 0.3) is 17.7 Å². The Hall–Kier alpha value is -2.52. The molecule has 3 rings (SSSR count). The average molecular weight is 520 g/mol. The number of ether oxygens (including phenoxy) is 2. The van der Waals surface area contributed by atoms with E-state index in [1.165, 1.54) is 7.11 Å². The van der Waals surface area contributed by atoms with Gasteiger partial charge in [0.15, 0.2) is 6.61 Å². The molecule has 0 aliphatic carbocycles. The average Bonchev–Trinajstić information content (AvgIpc) is 3.03. The SMILES string of the molecule is COc1ccccc1NC(=O)COC(=O)CCN1C(=O)c2c(Cl)c(Cl)c(Cl)c(Cl)c2C1=O. The lowest BCUT2D eigenvalue weighted by atomic mass is 10.1. The molecule has 0 radical (unpaired) electrons. The van der Waals surface area contributed by atoms with Crippen LogP contribution in [0, 0.1) is 0 Å². The van der Waals surface area contributed by atoms with Crippen LogP contribution in [0.3, 0.4) is 0 Å². The van der Waals surface area contributed by atoms with E-state index in [9.17, 15) is 19.2 Å². The zero-order chi connectivity index (χ0) is 23.6. The number of methoxy groups -OCH3 is 1. The molecule has 2 aromatic rings. The summed E-state index contributed by atoms with van der Waals surface area (Å²) in [5, 5.41) is 1.84. The first-order valence-electron chi connectivity index (χ1n) is 8.98. The number of carbonyl (C=O) groups excluding carboxylic acids is 4. The van der Waals surface area contributed by atoms with E-state index in [0.717, 1.165) is 4.90 Å². The van der Waals surface area contributed by atoms with Gasteiger partial charge in [-0.1, -0.05) is 58.5 Å². The van der Waals surface area contributed by atoms with Gasteiger partial charge in [0.2, 0.25) is 0 Å². The van der Waals surface area contributed by atoms with Crippen LogP contribution in [-0.2, 0) is 14.3 Å². The molecule has 1 heterocycles. The molecule has 1 N–H and O–H groups in total. The predicted octanol–water partition coefficient (Wildman–Crippen LogP) is 4.48. The highest BCUT2D eigenvalue weighted by Crippen LogP contribution is 2.44. The first-order valence-corrected chi connectivity index (χ1v) is 10.5. The lowest BCUT2D eigenvalue weighted by molar-refractivity contribution is -0.147. The third kappa shape index (κ3) is 4.63. The smallest absolute Gasteiger partial charge is 0.308 e. The Morgan fingerprint density at radius 1 is 0.938 bits per heavy atom. The van der Waals surface area contributed by atoms with Crippen LogP contribution in [0.15, 0.2) is 24.3 Å². The van der Waals surface area contributed by atoms with Crippen LogP contribution >= 0.6 is 46.4 Å². The van der Waals surface area contributed by atoms with Crippen molar-refractivity contribution in [3.05, 3.63) is 55.5 Å².